The molecule has 21 heavy (non-hydrogen) atoms. The maximum absolute atomic E-state index is 12.0. The molecule has 1 aromatic heterocycles. The van der Waals surface area contributed by atoms with E-state index in [-0.39, 0.29) is 17.4 Å². The molecular formula is C14H13N3O4. The van der Waals surface area contributed by atoms with Crippen molar-refractivity contribution in [3.8, 4) is 5.75 Å². The van der Waals surface area contributed by atoms with E-state index < -0.39 is 4.92 Å². The Bertz CT molecular complexity index is 638. The Kier molecular flexibility index (Phi) is 4.45. The van der Waals surface area contributed by atoms with Crippen LogP contribution in [0.5, 0.6) is 5.75 Å². The molecule has 2 rings (SSSR count). The van der Waals surface area contributed by atoms with Gasteiger partial charge in [-0.3, -0.25) is 14.9 Å². The summed E-state index contributed by atoms with van der Waals surface area (Å²) in [6.45, 7) is 2.43. The molecule has 0 atom stereocenters. The third-order valence-electron chi connectivity index (χ3n) is 2.63. The molecule has 0 spiro atoms. The number of amides is 1. The lowest BCUT2D eigenvalue weighted by atomic mass is 10.2. The summed E-state index contributed by atoms with van der Waals surface area (Å²) in [6.07, 6.45) is 1.09. The molecule has 0 radical (unpaired) electrons. The minimum Gasteiger partial charge on any atom is -0.494 e. The SMILES string of the molecule is CCOc1ccc(C(=O)Nc2ccc([N+](=O)[O-])cn2)cc1. The van der Waals surface area contributed by atoms with Gasteiger partial charge in [0.15, 0.2) is 0 Å². The zero-order chi connectivity index (χ0) is 15.2. The Labute approximate surface area is 120 Å². The zero-order valence-electron chi connectivity index (χ0n) is 11.3. The first-order valence-corrected chi connectivity index (χ1v) is 6.25. The summed E-state index contributed by atoms with van der Waals surface area (Å²) in [5.74, 6) is 0.585. The van der Waals surface area contributed by atoms with Gasteiger partial charge in [-0.25, -0.2) is 4.98 Å². The Hall–Kier alpha value is -2.96. The summed E-state index contributed by atoms with van der Waals surface area (Å²) in [5, 5.41) is 13.1. The third kappa shape index (κ3) is 3.75. The fourth-order valence-electron chi connectivity index (χ4n) is 1.63. The van der Waals surface area contributed by atoms with Gasteiger partial charge in [0, 0.05) is 11.6 Å². The molecule has 0 bridgehead atoms. The molecule has 108 valence electrons. The highest BCUT2D eigenvalue weighted by Gasteiger charge is 2.09. The number of pyridine rings is 1. The van der Waals surface area contributed by atoms with E-state index in [0.717, 1.165) is 6.20 Å². The smallest absolute Gasteiger partial charge is 0.287 e. The molecule has 1 heterocycles. The van der Waals surface area contributed by atoms with Gasteiger partial charge in [-0.2, -0.15) is 0 Å². The van der Waals surface area contributed by atoms with E-state index in [4.69, 9.17) is 4.74 Å². The number of ether oxygens (including phenoxy) is 1. The highest BCUT2D eigenvalue weighted by molar-refractivity contribution is 6.03. The predicted octanol–water partition coefficient (Wildman–Crippen LogP) is 2.64. The first-order chi connectivity index (χ1) is 10.1. The monoisotopic (exact) mass is 287 g/mol. The lowest BCUT2D eigenvalue weighted by molar-refractivity contribution is -0.385. The first kappa shape index (κ1) is 14.4. The van der Waals surface area contributed by atoms with Crippen LogP contribution in [0.15, 0.2) is 42.6 Å². The van der Waals surface area contributed by atoms with Crippen molar-refractivity contribution >= 4 is 17.4 Å². The number of aromatic nitrogens is 1. The fourth-order valence-corrected chi connectivity index (χ4v) is 1.63. The summed E-state index contributed by atoms with van der Waals surface area (Å²) in [6, 6.07) is 9.31. The summed E-state index contributed by atoms with van der Waals surface area (Å²) in [4.78, 5) is 25.7. The molecule has 1 aromatic carbocycles. The van der Waals surface area contributed by atoms with Crippen molar-refractivity contribution in [3.63, 3.8) is 0 Å². The number of nitrogens with one attached hydrogen (secondary N) is 1. The van der Waals surface area contributed by atoms with E-state index in [0.29, 0.717) is 17.9 Å². The Morgan fingerprint density at radius 3 is 2.52 bits per heavy atom. The van der Waals surface area contributed by atoms with Crippen LogP contribution in [0.4, 0.5) is 11.5 Å². The number of rotatable bonds is 5. The van der Waals surface area contributed by atoms with Gasteiger partial charge < -0.3 is 10.1 Å². The average molecular weight is 287 g/mol. The van der Waals surface area contributed by atoms with Gasteiger partial charge in [-0.1, -0.05) is 0 Å². The number of benzene rings is 1. The standard InChI is InChI=1S/C14H13N3O4/c1-2-21-12-6-3-10(4-7-12)14(18)16-13-8-5-11(9-15-13)17(19)20/h3-9H,2H2,1H3,(H,15,16,18). The number of anilines is 1. The van der Waals surface area contributed by atoms with Crippen LogP contribution in [0.25, 0.3) is 0 Å². The third-order valence-corrected chi connectivity index (χ3v) is 2.63. The number of nitrogens with zero attached hydrogens (tertiary/aromatic N) is 2. The topological polar surface area (TPSA) is 94.4 Å². The Morgan fingerprint density at radius 2 is 2.00 bits per heavy atom. The summed E-state index contributed by atoms with van der Waals surface area (Å²) < 4.78 is 5.29. The van der Waals surface area contributed by atoms with Crippen LogP contribution in [-0.2, 0) is 0 Å². The van der Waals surface area contributed by atoms with Crippen LogP contribution in [-0.4, -0.2) is 22.4 Å². The Morgan fingerprint density at radius 1 is 1.29 bits per heavy atom. The number of hydrogen-bond donors (Lipinski definition) is 1. The average Bonchev–Trinajstić information content (AvgIpc) is 2.49. The van der Waals surface area contributed by atoms with Crippen molar-refractivity contribution in [1.82, 2.24) is 4.98 Å². The van der Waals surface area contributed by atoms with Gasteiger partial charge in [0.25, 0.3) is 11.6 Å². The van der Waals surface area contributed by atoms with Crippen LogP contribution >= 0.6 is 0 Å². The summed E-state index contributed by atoms with van der Waals surface area (Å²) >= 11 is 0. The highest BCUT2D eigenvalue weighted by atomic mass is 16.6. The van der Waals surface area contributed by atoms with Gasteiger partial charge in [0.2, 0.25) is 0 Å². The van der Waals surface area contributed by atoms with E-state index in [1.807, 2.05) is 6.92 Å². The largest absolute Gasteiger partial charge is 0.494 e. The van der Waals surface area contributed by atoms with E-state index in [1.165, 1.54) is 12.1 Å². The second-order valence-corrected chi connectivity index (χ2v) is 4.07. The van der Waals surface area contributed by atoms with E-state index in [1.54, 1.807) is 24.3 Å². The summed E-state index contributed by atoms with van der Waals surface area (Å²) in [7, 11) is 0. The first-order valence-electron chi connectivity index (χ1n) is 6.25. The van der Waals surface area contributed by atoms with E-state index in [9.17, 15) is 14.9 Å². The molecule has 0 unspecified atom stereocenters. The molecule has 0 aliphatic carbocycles. The molecule has 1 N–H and O–H groups in total. The van der Waals surface area contributed by atoms with Gasteiger partial charge in [-0.15, -0.1) is 0 Å². The van der Waals surface area contributed by atoms with E-state index >= 15 is 0 Å². The Balaban J connectivity index is 2.05. The molecule has 2 aromatic rings. The normalized spacial score (nSPS) is 9.95. The second kappa shape index (κ2) is 6.47. The minimum atomic E-state index is -0.551. The van der Waals surface area contributed by atoms with Gasteiger partial charge >= 0.3 is 0 Å². The minimum absolute atomic E-state index is 0.130. The van der Waals surface area contributed by atoms with Crippen molar-refractivity contribution in [1.29, 1.82) is 0 Å². The predicted molar refractivity (Wildman–Crippen MR) is 76.5 cm³/mol. The fraction of sp³-hybridized carbons (Fsp3) is 0.143. The van der Waals surface area contributed by atoms with Gasteiger partial charge in [0.1, 0.15) is 17.8 Å². The molecule has 0 fully saturated rings. The van der Waals surface area contributed by atoms with Gasteiger partial charge in [0.05, 0.1) is 11.5 Å². The number of carbonyl (C=O) groups is 1. The van der Waals surface area contributed by atoms with Crippen molar-refractivity contribution in [2.45, 2.75) is 6.92 Å². The van der Waals surface area contributed by atoms with Crippen LogP contribution in [0.1, 0.15) is 17.3 Å². The molecule has 0 saturated heterocycles. The molecule has 1 amide bonds. The number of hydrogen-bond acceptors (Lipinski definition) is 5. The second-order valence-electron chi connectivity index (χ2n) is 4.07. The van der Waals surface area contributed by atoms with Crippen LogP contribution in [0.2, 0.25) is 0 Å². The highest BCUT2D eigenvalue weighted by Crippen LogP contribution is 2.15. The quantitative estimate of drug-likeness (QED) is 0.673. The number of carbonyl (C=O) groups excluding carboxylic acids is 1. The van der Waals surface area contributed by atoms with Crippen molar-refractivity contribution < 1.29 is 14.5 Å². The lowest BCUT2D eigenvalue weighted by Gasteiger charge is -2.06. The molecule has 0 aliphatic heterocycles. The maximum Gasteiger partial charge on any atom is 0.287 e. The maximum atomic E-state index is 12.0. The molecule has 0 saturated carbocycles. The van der Waals surface area contributed by atoms with Gasteiger partial charge in [-0.05, 0) is 37.3 Å². The summed E-state index contributed by atoms with van der Waals surface area (Å²) in [5.41, 5.74) is 0.313. The number of nitro groups is 1. The lowest BCUT2D eigenvalue weighted by Crippen LogP contribution is -2.12. The van der Waals surface area contributed by atoms with Crippen LogP contribution in [0.3, 0.4) is 0 Å². The van der Waals surface area contributed by atoms with Crippen molar-refractivity contribution in [2.24, 2.45) is 0 Å². The van der Waals surface area contributed by atoms with Crippen LogP contribution in [0, 0.1) is 10.1 Å². The molecule has 0 aliphatic rings. The van der Waals surface area contributed by atoms with Crippen molar-refractivity contribution in [2.75, 3.05) is 11.9 Å². The molecular weight excluding hydrogens is 274 g/mol. The zero-order valence-corrected chi connectivity index (χ0v) is 11.3. The molecule has 7 heteroatoms. The van der Waals surface area contributed by atoms with Crippen molar-refractivity contribution in [3.05, 3.63) is 58.3 Å². The van der Waals surface area contributed by atoms with Crippen LogP contribution < -0.4 is 10.1 Å². The van der Waals surface area contributed by atoms with E-state index in [2.05, 4.69) is 10.3 Å². The molecule has 7 nitrogen and oxygen atoms in total.